The lowest BCUT2D eigenvalue weighted by Gasteiger charge is -2.33. The molecule has 3 N–H and O–H groups in total. The maximum Gasteiger partial charge on any atom is 0.323 e. The molecule has 31 heavy (non-hydrogen) atoms. The summed E-state index contributed by atoms with van der Waals surface area (Å²) in [5, 5.41) is 10.4. The molecule has 4 rings (SSSR count). The van der Waals surface area contributed by atoms with Gasteiger partial charge in [0.25, 0.3) is 0 Å². The van der Waals surface area contributed by atoms with Gasteiger partial charge < -0.3 is 29.4 Å². The Morgan fingerprint density at radius 3 is 2.68 bits per heavy atom. The van der Waals surface area contributed by atoms with Crippen LogP contribution < -0.4 is 15.2 Å². The molecule has 0 saturated carbocycles. The lowest BCUT2D eigenvalue weighted by molar-refractivity contribution is 0.0506. The van der Waals surface area contributed by atoms with E-state index in [2.05, 4.69) is 33.9 Å². The number of aromatic nitrogens is 2. The highest BCUT2D eigenvalue weighted by molar-refractivity contribution is 5.85. The Hall–Kier alpha value is -2.48. The summed E-state index contributed by atoms with van der Waals surface area (Å²) in [4.78, 5) is 19.2. The van der Waals surface area contributed by atoms with Crippen LogP contribution in [0.15, 0.2) is 47.3 Å². The van der Waals surface area contributed by atoms with Crippen LogP contribution in [0.2, 0.25) is 0 Å². The molecule has 1 aliphatic heterocycles. The molecule has 1 unspecified atom stereocenters. The van der Waals surface area contributed by atoms with Crippen molar-refractivity contribution in [2.45, 2.75) is 25.9 Å². The number of β-amino-alcohol motifs (C(OH)–C–C–N with tert-alkyl or cyclic N) is 1. The second-order valence-electron chi connectivity index (χ2n) is 8.09. The molecule has 7 nitrogen and oxygen atoms in total. The zero-order valence-corrected chi connectivity index (χ0v) is 18.5. The topological polar surface area (TPSA) is 90.6 Å². The van der Waals surface area contributed by atoms with Crippen molar-refractivity contribution in [3.63, 3.8) is 0 Å². The highest BCUT2D eigenvalue weighted by Crippen LogP contribution is 2.22. The molecule has 0 spiro atoms. The average Bonchev–Trinajstić information content (AvgIpc) is 3.12. The maximum absolute atomic E-state index is 11.5. The minimum Gasteiger partial charge on any atom is -0.493 e. The smallest absolute Gasteiger partial charge is 0.323 e. The van der Waals surface area contributed by atoms with Crippen molar-refractivity contribution in [2.75, 3.05) is 32.8 Å². The van der Waals surface area contributed by atoms with Gasteiger partial charge in [0.15, 0.2) is 0 Å². The normalized spacial score (nSPS) is 16.1. The third kappa shape index (κ3) is 6.26. The van der Waals surface area contributed by atoms with Gasteiger partial charge in [-0.05, 0) is 68.6 Å². The van der Waals surface area contributed by atoms with Gasteiger partial charge in [-0.25, -0.2) is 4.79 Å². The molecule has 0 aliphatic carbocycles. The Balaban J connectivity index is 0.00000272. The molecular weight excluding hydrogens is 418 g/mol. The summed E-state index contributed by atoms with van der Waals surface area (Å²) in [6.45, 7) is 5.45. The first-order valence-corrected chi connectivity index (χ1v) is 10.5. The number of halogens is 1. The zero-order chi connectivity index (χ0) is 20.9. The summed E-state index contributed by atoms with van der Waals surface area (Å²) in [5.41, 5.74) is 2.26. The quantitative estimate of drug-likeness (QED) is 0.493. The Labute approximate surface area is 187 Å². The number of aliphatic hydroxyl groups excluding tert-OH is 1. The number of fused-ring (bicyclic) bond motifs is 1. The lowest BCUT2D eigenvalue weighted by Crippen LogP contribution is -2.41. The van der Waals surface area contributed by atoms with Gasteiger partial charge in [0.05, 0.1) is 12.1 Å². The molecule has 8 heteroatoms. The van der Waals surface area contributed by atoms with E-state index in [1.54, 1.807) is 6.07 Å². The molecule has 0 radical (unpaired) electrons. The minimum atomic E-state index is -0.592. The van der Waals surface area contributed by atoms with E-state index >= 15 is 0 Å². The number of H-pyrrole nitrogens is 2. The number of rotatable bonds is 8. The molecule has 0 amide bonds. The number of benzene rings is 2. The van der Waals surface area contributed by atoms with Crippen molar-refractivity contribution >= 4 is 23.4 Å². The number of aryl methyl sites for hydroxylation is 1. The van der Waals surface area contributed by atoms with E-state index in [4.69, 9.17) is 9.47 Å². The summed E-state index contributed by atoms with van der Waals surface area (Å²) < 4.78 is 11.7. The third-order valence-electron chi connectivity index (χ3n) is 5.60. The fraction of sp³-hybridized carbons (Fsp3) is 0.435. The number of nitrogens with zero attached hydrogens (tertiary/aromatic N) is 1. The first-order valence-electron chi connectivity index (χ1n) is 10.5. The van der Waals surface area contributed by atoms with Crippen LogP contribution in [0, 0.1) is 12.8 Å². The highest BCUT2D eigenvalue weighted by Gasteiger charge is 2.22. The van der Waals surface area contributed by atoms with E-state index in [1.807, 2.05) is 24.3 Å². The monoisotopic (exact) mass is 447 g/mol. The van der Waals surface area contributed by atoms with Crippen LogP contribution in [0.4, 0.5) is 0 Å². The van der Waals surface area contributed by atoms with E-state index in [9.17, 15) is 9.90 Å². The van der Waals surface area contributed by atoms with Crippen molar-refractivity contribution in [1.82, 2.24) is 14.9 Å². The summed E-state index contributed by atoms with van der Waals surface area (Å²) in [7, 11) is 0. The van der Waals surface area contributed by atoms with E-state index in [0.717, 1.165) is 38.3 Å². The van der Waals surface area contributed by atoms with E-state index in [0.29, 0.717) is 29.2 Å². The number of para-hydroxylation sites is 1. The molecule has 168 valence electrons. The maximum atomic E-state index is 11.5. The SMILES string of the molecule is Cc1cccc(OCC2CCN(CC(O)COc3cccc4[nH]c(=O)[nH]c34)CC2)c1.Cl. The van der Waals surface area contributed by atoms with Crippen molar-refractivity contribution in [3.8, 4) is 11.5 Å². The van der Waals surface area contributed by atoms with Crippen molar-refractivity contribution in [1.29, 1.82) is 0 Å². The number of hydrogen-bond donors (Lipinski definition) is 3. The second-order valence-corrected chi connectivity index (χ2v) is 8.09. The predicted octanol–water partition coefficient (Wildman–Crippen LogP) is 3.12. The largest absolute Gasteiger partial charge is 0.493 e. The molecule has 3 aromatic rings. The first kappa shape index (κ1) is 23.2. The molecule has 2 heterocycles. The highest BCUT2D eigenvalue weighted by atomic mass is 35.5. The van der Waals surface area contributed by atoms with Gasteiger partial charge in [-0.15, -0.1) is 12.4 Å². The summed E-state index contributed by atoms with van der Waals surface area (Å²) in [6, 6.07) is 13.6. The Bertz CT molecular complexity index is 1030. The van der Waals surface area contributed by atoms with Gasteiger partial charge in [-0.1, -0.05) is 18.2 Å². The molecule has 1 aliphatic rings. The summed E-state index contributed by atoms with van der Waals surface area (Å²) in [6.07, 6.45) is 1.53. The molecule has 0 bridgehead atoms. The minimum absolute atomic E-state index is 0. The number of ether oxygens (including phenoxy) is 2. The lowest BCUT2D eigenvalue weighted by atomic mass is 9.97. The van der Waals surface area contributed by atoms with Gasteiger partial charge in [-0.2, -0.15) is 0 Å². The van der Waals surface area contributed by atoms with Crippen molar-refractivity contribution in [2.24, 2.45) is 5.92 Å². The van der Waals surface area contributed by atoms with Crippen LogP contribution in [-0.4, -0.2) is 58.9 Å². The van der Waals surface area contributed by atoms with E-state index < -0.39 is 6.10 Å². The third-order valence-corrected chi connectivity index (χ3v) is 5.60. The fourth-order valence-electron chi connectivity index (χ4n) is 3.94. The Kier molecular flexibility index (Phi) is 8.01. The van der Waals surface area contributed by atoms with Crippen LogP contribution in [0.3, 0.4) is 0 Å². The van der Waals surface area contributed by atoms with E-state index in [1.165, 1.54) is 5.56 Å². The van der Waals surface area contributed by atoms with Gasteiger partial charge in [0.2, 0.25) is 0 Å². The summed E-state index contributed by atoms with van der Waals surface area (Å²) >= 11 is 0. The van der Waals surface area contributed by atoms with Gasteiger partial charge in [0.1, 0.15) is 29.7 Å². The Morgan fingerprint density at radius 2 is 1.90 bits per heavy atom. The molecule has 1 fully saturated rings. The van der Waals surface area contributed by atoms with Crippen LogP contribution in [0.5, 0.6) is 11.5 Å². The second kappa shape index (κ2) is 10.7. The zero-order valence-electron chi connectivity index (χ0n) is 17.7. The number of piperidine rings is 1. The van der Waals surface area contributed by atoms with Crippen LogP contribution >= 0.6 is 12.4 Å². The number of aliphatic hydroxyl groups is 1. The van der Waals surface area contributed by atoms with Crippen LogP contribution in [-0.2, 0) is 0 Å². The number of imidazole rings is 1. The van der Waals surface area contributed by atoms with E-state index in [-0.39, 0.29) is 24.7 Å². The number of likely N-dealkylation sites (tertiary alicyclic amines) is 1. The standard InChI is InChI=1S/C23H29N3O4.ClH/c1-16-4-2-5-19(12-16)29-14-17-8-10-26(11-9-17)13-18(27)15-30-21-7-3-6-20-22(21)25-23(28)24-20;/h2-7,12,17-18,27H,8-11,13-15H2,1H3,(H2,24,25,28);1H. The molecular formula is C23H30ClN3O4. The van der Waals surface area contributed by atoms with Gasteiger partial charge in [0, 0.05) is 6.54 Å². The molecule has 1 saturated heterocycles. The van der Waals surface area contributed by atoms with Crippen LogP contribution in [0.25, 0.3) is 11.0 Å². The summed E-state index contributed by atoms with van der Waals surface area (Å²) in [5.74, 6) is 2.04. The Morgan fingerprint density at radius 1 is 1.13 bits per heavy atom. The predicted molar refractivity (Wildman–Crippen MR) is 124 cm³/mol. The molecule has 1 aromatic heterocycles. The van der Waals surface area contributed by atoms with Crippen molar-refractivity contribution in [3.05, 3.63) is 58.5 Å². The fourth-order valence-corrected chi connectivity index (χ4v) is 3.94. The number of nitrogens with one attached hydrogen (secondary N) is 2. The first-order chi connectivity index (χ1) is 14.6. The molecule has 2 aromatic carbocycles. The number of hydrogen-bond acceptors (Lipinski definition) is 5. The van der Waals surface area contributed by atoms with Gasteiger partial charge >= 0.3 is 5.69 Å². The van der Waals surface area contributed by atoms with Gasteiger partial charge in [-0.3, -0.25) is 0 Å². The van der Waals surface area contributed by atoms with Crippen molar-refractivity contribution < 1.29 is 14.6 Å². The van der Waals surface area contributed by atoms with Crippen LogP contribution in [0.1, 0.15) is 18.4 Å². The molecule has 1 atom stereocenters. The number of aromatic amines is 2. The average molecular weight is 448 g/mol.